The Balaban J connectivity index is 1.41. The lowest BCUT2D eigenvalue weighted by molar-refractivity contribution is 0.0230. The van der Waals surface area contributed by atoms with Crippen LogP contribution in [0, 0.1) is 23.3 Å². The van der Waals surface area contributed by atoms with E-state index in [0.717, 1.165) is 58.0 Å². The molecule has 6 heteroatoms. The first-order valence-electron chi connectivity index (χ1n) is 14.4. The van der Waals surface area contributed by atoms with Gasteiger partial charge in [0.15, 0.2) is 23.2 Å². The minimum absolute atomic E-state index is 0.00992. The minimum Gasteiger partial charge on any atom is -0.490 e. The van der Waals surface area contributed by atoms with E-state index in [4.69, 9.17) is 9.47 Å². The molecule has 1 fully saturated rings. The topological polar surface area (TPSA) is 18.5 Å². The number of halogens is 4. The molecule has 0 saturated heterocycles. The summed E-state index contributed by atoms with van der Waals surface area (Å²) in [5.41, 5.74) is 1.97. The largest absolute Gasteiger partial charge is 0.490 e. The van der Waals surface area contributed by atoms with Gasteiger partial charge in [-0.2, -0.15) is 4.39 Å². The lowest BCUT2D eigenvalue weighted by Gasteiger charge is -2.29. The highest BCUT2D eigenvalue weighted by molar-refractivity contribution is 5.73. The Hall–Kier alpha value is -3.12. The molecular formula is C34H38F4O2. The minimum atomic E-state index is -1.01. The molecular weight excluding hydrogens is 516 g/mol. The molecule has 2 nitrogen and oxygen atoms in total. The van der Waals surface area contributed by atoms with Crippen LogP contribution in [-0.4, -0.2) is 19.3 Å². The average Bonchev–Trinajstić information content (AvgIpc) is 2.97. The quantitative estimate of drug-likeness (QED) is 0.126. The van der Waals surface area contributed by atoms with E-state index in [9.17, 15) is 8.78 Å². The van der Waals surface area contributed by atoms with E-state index in [1.54, 1.807) is 42.5 Å². The SMILES string of the molecule is CCCCOc1ccc(/C=C/c2ccc(-c3ccc(C4CCC(OCCCC)CC4)c(F)c3F)cc2)c(F)c1F. The molecule has 1 aliphatic rings. The summed E-state index contributed by atoms with van der Waals surface area (Å²) in [6.45, 7) is 5.21. The van der Waals surface area contributed by atoms with Crippen molar-refractivity contribution in [2.75, 3.05) is 13.2 Å². The fourth-order valence-electron chi connectivity index (χ4n) is 5.11. The van der Waals surface area contributed by atoms with E-state index in [-0.39, 0.29) is 28.9 Å². The van der Waals surface area contributed by atoms with Gasteiger partial charge in [0.2, 0.25) is 5.82 Å². The third-order valence-electron chi connectivity index (χ3n) is 7.59. The standard InChI is InChI=1S/C34H38F4O2/c1-3-5-21-39-27-16-13-25(14-17-27)29-19-18-28(32(36)33(29)37)24-10-7-23(8-11-24)9-12-26-15-20-30(34(38)31(26)35)40-22-6-4-2/h7-12,15,18-20,25,27H,3-6,13-14,16-17,21-22H2,1-2H3/b12-9+. The van der Waals surface area contributed by atoms with E-state index in [2.05, 4.69) is 6.92 Å². The van der Waals surface area contributed by atoms with Gasteiger partial charge < -0.3 is 9.47 Å². The van der Waals surface area contributed by atoms with Crippen LogP contribution >= 0.6 is 0 Å². The van der Waals surface area contributed by atoms with Crippen molar-refractivity contribution in [3.8, 4) is 16.9 Å². The van der Waals surface area contributed by atoms with Crippen molar-refractivity contribution in [1.82, 2.24) is 0 Å². The Bertz CT molecular complexity index is 1280. The van der Waals surface area contributed by atoms with Crippen molar-refractivity contribution in [2.45, 2.75) is 77.2 Å². The first-order valence-corrected chi connectivity index (χ1v) is 14.4. The molecule has 0 amide bonds. The Labute approximate surface area is 235 Å². The van der Waals surface area contributed by atoms with Crippen molar-refractivity contribution in [3.63, 3.8) is 0 Å². The number of rotatable bonds is 12. The van der Waals surface area contributed by atoms with Gasteiger partial charge in [-0.1, -0.05) is 75.2 Å². The van der Waals surface area contributed by atoms with Gasteiger partial charge in [0.25, 0.3) is 0 Å². The van der Waals surface area contributed by atoms with Gasteiger partial charge in [0.1, 0.15) is 0 Å². The molecule has 214 valence electrons. The predicted molar refractivity (Wildman–Crippen MR) is 153 cm³/mol. The maximum absolute atomic E-state index is 15.2. The van der Waals surface area contributed by atoms with Gasteiger partial charge in [0, 0.05) is 17.7 Å². The molecule has 0 N–H and O–H groups in total. The monoisotopic (exact) mass is 554 g/mol. The van der Waals surface area contributed by atoms with Crippen LogP contribution < -0.4 is 4.74 Å². The Morgan fingerprint density at radius 1 is 0.700 bits per heavy atom. The van der Waals surface area contributed by atoms with Crippen molar-refractivity contribution < 1.29 is 27.0 Å². The van der Waals surface area contributed by atoms with Gasteiger partial charge in [0.05, 0.1) is 12.7 Å². The molecule has 40 heavy (non-hydrogen) atoms. The highest BCUT2D eigenvalue weighted by atomic mass is 19.2. The van der Waals surface area contributed by atoms with E-state index in [1.807, 2.05) is 6.92 Å². The first kappa shape index (κ1) is 29.9. The maximum Gasteiger partial charge on any atom is 0.201 e. The van der Waals surface area contributed by atoms with Crippen molar-refractivity contribution >= 4 is 12.2 Å². The zero-order valence-corrected chi connectivity index (χ0v) is 23.3. The van der Waals surface area contributed by atoms with Crippen LogP contribution in [0.2, 0.25) is 0 Å². The third-order valence-corrected chi connectivity index (χ3v) is 7.59. The van der Waals surface area contributed by atoms with Crippen LogP contribution in [0.4, 0.5) is 17.6 Å². The number of unbranched alkanes of at least 4 members (excludes halogenated alkanes) is 2. The lowest BCUT2D eigenvalue weighted by Crippen LogP contribution is -2.22. The summed E-state index contributed by atoms with van der Waals surface area (Å²) in [6.07, 6.45) is 10.4. The summed E-state index contributed by atoms with van der Waals surface area (Å²) in [6, 6.07) is 13.1. The van der Waals surface area contributed by atoms with Gasteiger partial charge >= 0.3 is 0 Å². The van der Waals surface area contributed by atoms with E-state index in [1.165, 1.54) is 18.2 Å². The molecule has 1 saturated carbocycles. The lowest BCUT2D eigenvalue weighted by atomic mass is 9.82. The van der Waals surface area contributed by atoms with Crippen LogP contribution in [-0.2, 0) is 4.74 Å². The summed E-state index contributed by atoms with van der Waals surface area (Å²) < 4.78 is 70.4. The van der Waals surface area contributed by atoms with Crippen molar-refractivity contribution in [1.29, 1.82) is 0 Å². The number of benzene rings is 3. The zero-order chi connectivity index (χ0) is 28.5. The van der Waals surface area contributed by atoms with E-state index >= 15 is 8.78 Å². The van der Waals surface area contributed by atoms with Crippen molar-refractivity contribution in [2.24, 2.45) is 0 Å². The predicted octanol–water partition coefficient (Wildman–Crippen LogP) is 10.1. The van der Waals surface area contributed by atoms with Gasteiger partial charge in [-0.05, 0) is 73.3 Å². The number of hydrogen-bond donors (Lipinski definition) is 0. The zero-order valence-electron chi connectivity index (χ0n) is 23.3. The fourth-order valence-corrected chi connectivity index (χ4v) is 5.11. The molecule has 0 aromatic heterocycles. The van der Waals surface area contributed by atoms with E-state index in [0.29, 0.717) is 23.3 Å². The third kappa shape index (κ3) is 7.34. The smallest absolute Gasteiger partial charge is 0.201 e. The molecule has 4 rings (SSSR count). The van der Waals surface area contributed by atoms with Crippen LogP contribution in [0.1, 0.15) is 87.8 Å². The average molecular weight is 555 g/mol. The molecule has 0 radical (unpaired) electrons. The first-order chi connectivity index (χ1) is 19.4. The molecule has 0 bridgehead atoms. The second-order valence-electron chi connectivity index (χ2n) is 10.5. The van der Waals surface area contributed by atoms with Gasteiger partial charge in [-0.25, -0.2) is 13.2 Å². The molecule has 0 spiro atoms. The van der Waals surface area contributed by atoms with Crippen LogP contribution in [0.25, 0.3) is 23.3 Å². The molecule has 1 aliphatic carbocycles. The second kappa shape index (κ2) is 14.5. The molecule has 3 aromatic carbocycles. The van der Waals surface area contributed by atoms with Crippen LogP contribution in [0.15, 0.2) is 48.5 Å². The summed E-state index contributed by atoms with van der Waals surface area (Å²) in [4.78, 5) is 0. The summed E-state index contributed by atoms with van der Waals surface area (Å²) in [5.74, 6) is -3.72. The van der Waals surface area contributed by atoms with Gasteiger partial charge in [-0.3, -0.25) is 0 Å². The van der Waals surface area contributed by atoms with E-state index < -0.39 is 23.3 Å². The highest BCUT2D eigenvalue weighted by Crippen LogP contribution is 2.38. The Morgan fingerprint density at radius 3 is 2.10 bits per heavy atom. The fraction of sp³-hybridized carbons (Fsp3) is 0.412. The molecule has 0 unspecified atom stereocenters. The van der Waals surface area contributed by atoms with Gasteiger partial charge in [-0.15, -0.1) is 0 Å². The normalized spacial score (nSPS) is 17.4. The maximum atomic E-state index is 15.2. The van der Waals surface area contributed by atoms with Crippen LogP contribution in [0.5, 0.6) is 5.75 Å². The summed E-state index contributed by atoms with van der Waals surface area (Å²) in [7, 11) is 0. The summed E-state index contributed by atoms with van der Waals surface area (Å²) >= 11 is 0. The number of hydrogen-bond acceptors (Lipinski definition) is 2. The van der Waals surface area contributed by atoms with Crippen LogP contribution in [0.3, 0.4) is 0 Å². The molecule has 3 aromatic rings. The molecule has 0 atom stereocenters. The highest BCUT2D eigenvalue weighted by Gasteiger charge is 2.27. The Morgan fingerprint density at radius 2 is 1.40 bits per heavy atom. The summed E-state index contributed by atoms with van der Waals surface area (Å²) in [5, 5.41) is 0. The Kier molecular flexibility index (Phi) is 10.8. The molecule has 0 aliphatic heterocycles. The molecule has 0 heterocycles. The number of ether oxygens (including phenoxy) is 2. The second-order valence-corrected chi connectivity index (χ2v) is 10.5. The van der Waals surface area contributed by atoms with Crippen molar-refractivity contribution in [3.05, 3.63) is 88.5 Å².